The first kappa shape index (κ1) is 12.8. The quantitative estimate of drug-likeness (QED) is 0.743. The lowest BCUT2D eigenvalue weighted by molar-refractivity contribution is 0.0946. The number of nitrogens with one attached hydrogen (secondary N) is 2. The van der Waals surface area contributed by atoms with Crippen LogP contribution in [0.3, 0.4) is 0 Å². The SMILES string of the molecule is COc1ncc2nccc(-c3cc4c([nH]3)CCNC4=O)c2n1. The average molecular weight is 295 g/mol. The molecule has 1 amide bonds. The van der Waals surface area contributed by atoms with Crippen molar-refractivity contribution >= 4 is 16.9 Å². The van der Waals surface area contributed by atoms with Gasteiger partial charge in [0.05, 0.1) is 18.9 Å². The molecule has 1 aliphatic heterocycles. The number of carbonyl (C=O) groups is 1. The zero-order chi connectivity index (χ0) is 15.1. The van der Waals surface area contributed by atoms with E-state index in [9.17, 15) is 4.79 Å². The Bertz CT molecular complexity index is 887. The summed E-state index contributed by atoms with van der Waals surface area (Å²) in [5, 5.41) is 2.84. The largest absolute Gasteiger partial charge is 0.467 e. The number of carbonyl (C=O) groups excluding carboxylic acids is 1. The normalized spacial score (nSPS) is 13.8. The van der Waals surface area contributed by atoms with Crippen LogP contribution >= 0.6 is 0 Å². The van der Waals surface area contributed by atoms with Crippen LogP contribution in [0, 0.1) is 0 Å². The summed E-state index contributed by atoms with van der Waals surface area (Å²) in [5.74, 6) is -0.0469. The first-order chi connectivity index (χ1) is 10.8. The van der Waals surface area contributed by atoms with Crippen LogP contribution < -0.4 is 10.1 Å². The van der Waals surface area contributed by atoms with Gasteiger partial charge in [-0.05, 0) is 12.1 Å². The molecule has 0 spiro atoms. The van der Waals surface area contributed by atoms with Gasteiger partial charge in [0, 0.05) is 36.1 Å². The predicted octanol–water partition coefficient (Wildman–Crippen LogP) is 1.31. The van der Waals surface area contributed by atoms with E-state index in [1.807, 2.05) is 12.1 Å². The lowest BCUT2D eigenvalue weighted by Gasteiger charge is -2.11. The van der Waals surface area contributed by atoms with Crippen LogP contribution in [0.4, 0.5) is 0 Å². The number of fused-ring (bicyclic) bond motifs is 2. The maximum atomic E-state index is 11.9. The van der Waals surface area contributed by atoms with Crippen LogP contribution in [-0.2, 0) is 6.42 Å². The van der Waals surface area contributed by atoms with Crippen LogP contribution in [-0.4, -0.2) is 39.5 Å². The molecule has 3 aromatic rings. The standard InChI is InChI=1S/C15H13N5O2/c1-22-15-18-7-12-13(20-15)8(2-4-16-12)11-6-9-10(19-11)3-5-17-14(9)21/h2,4,6-7,19H,3,5H2,1H3,(H,17,21). The molecule has 0 saturated carbocycles. The second-order valence-electron chi connectivity index (χ2n) is 5.03. The average Bonchev–Trinajstić information content (AvgIpc) is 2.99. The van der Waals surface area contributed by atoms with Gasteiger partial charge in [-0.2, -0.15) is 4.98 Å². The van der Waals surface area contributed by atoms with Gasteiger partial charge in [-0.1, -0.05) is 0 Å². The molecule has 1 aliphatic rings. The third-order valence-corrected chi connectivity index (χ3v) is 3.73. The van der Waals surface area contributed by atoms with Crippen LogP contribution in [0.15, 0.2) is 24.5 Å². The van der Waals surface area contributed by atoms with Crippen LogP contribution in [0.5, 0.6) is 6.01 Å². The van der Waals surface area contributed by atoms with E-state index in [1.54, 1.807) is 12.4 Å². The van der Waals surface area contributed by atoms with Gasteiger partial charge in [-0.25, -0.2) is 4.98 Å². The summed E-state index contributed by atoms with van der Waals surface area (Å²) in [6.07, 6.45) is 4.12. The number of hydrogen-bond donors (Lipinski definition) is 2. The highest BCUT2D eigenvalue weighted by molar-refractivity contribution is 5.99. The smallest absolute Gasteiger partial charge is 0.316 e. The molecule has 7 nitrogen and oxygen atoms in total. The summed E-state index contributed by atoms with van der Waals surface area (Å²) in [6.45, 7) is 0.652. The number of hydrogen-bond acceptors (Lipinski definition) is 5. The number of nitrogens with zero attached hydrogens (tertiary/aromatic N) is 3. The van der Waals surface area contributed by atoms with Gasteiger partial charge in [0.25, 0.3) is 5.91 Å². The Hall–Kier alpha value is -2.96. The lowest BCUT2D eigenvalue weighted by atomic mass is 10.1. The molecule has 0 radical (unpaired) electrons. The molecule has 110 valence electrons. The fourth-order valence-corrected chi connectivity index (χ4v) is 2.68. The van der Waals surface area contributed by atoms with Crippen molar-refractivity contribution in [2.45, 2.75) is 6.42 Å². The molecule has 4 rings (SSSR count). The zero-order valence-electron chi connectivity index (χ0n) is 11.9. The van der Waals surface area contributed by atoms with Crippen molar-refractivity contribution in [1.82, 2.24) is 25.3 Å². The molecule has 22 heavy (non-hydrogen) atoms. The number of H-pyrrole nitrogens is 1. The molecule has 0 atom stereocenters. The molecule has 3 aromatic heterocycles. The summed E-state index contributed by atoms with van der Waals surface area (Å²) in [6, 6.07) is 4.01. The van der Waals surface area contributed by atoms with E-state index in [1.165, 1.54) is 7.11 Å². The number of methoxy groups -OCH3 is 1. The van der Waals surface area contributed by atoms with Gasteiger partial charge in [-0.3, -0.25) is 9.78 Å². The third-order valence-electron chi connectivity index (χ3n) is 3.73. The van der Waals surface area contributed by atoms with E-state index in [0.29, 0.717) is 23.1 Å². The summed E-state index contributed by atoms with van der Waals surface area (Å²) in [4.78, 5) is 27.9. The van der Waals surface area contributed by atoms with Crippen LogP contribution in [0.2, 0.25) is 0 Å². The Morgan fingerprint density at radius 2 is 2.18 bits per heavy atom. The number of aromatic nitrogens is 4. The number of ether oxygens (including phenoxy) is 1. The molecule has 0 fully saturated rings. The van der Waals surface area contributed by atoms with Crippen molar-refractivity contribution in [3.63, 3.8) is 0 Å². The molecular weight excluding hydrogens is 282 g/mol. The van der Waals surface area contributed by atoms with Gasteiger partial charge >= 0.3 is 6.01 Å². The minimum atomic E-state index is -0.0469. The lowest BCUT2D eigenvalue weighted by Crippen LogP contribution is -2.31. The van der Waals surface area contributed by atoms with Crippen LogP contribution in [0.1, 0.15) is 16.1 Å². The highest BCUT2D eigenvalue weighted by atomic mass is 16.5. The Morgan fingerprint density at radius 1 is 1.27 bits per heavy atom. The first-order valence-corrected chi connectivity index (χ1v) is 6.92. The molecule has 0 aromatic carbocycles. The van der Waals surface area contributed by atoms with Crippen molar-refractivity contribution in [1.29, 1.82) is 0 Å². The van der Waals surface area contributed by atoms with E-state index >= 15 is 0 Å². The third kappa shape index (κ3) is 1.90. The first-order valence-electron chi connectivity index (χ1n) is 6.92. The Labute approximate surface area is 125 Å². The molecule has 0 unspecified atom stereocenters. The van der Waals surface area contributed by atoms with E-state index < -0.39 is 0 Å². The van der Waals surface area contributed by atoms with E-state index in [-0.39, 0.29) is 11.9 Å². The molecule has 0 bridgehead atoms. The van der Waals surface area contributed by atoms with E-state index in [0.717, 1.165) is 23.4 Å². The monoisotopic (exact) mass is 295 g/mol. The minimum Gasteiger partial charge on any atom is -0.467 e. The van der Waals surface area contributed by atoms with Gasteiger partial charge < -0.3 is 15.0 Å². The molecule has 4 heterocycles. The van der Waals surface area contributed by atoms with Gasteiger partial charge in [0.2, 0.25) is 0 Å². The Morgan fingerprint density at radius 3 is 3.00 bits per heavy atom. The molecule has 0 saturated heterocycles. The summed E-state index contributed by atoms with van der Waals surface area (Å²) < 4.78 is 5.09. The van der Waals surface area contributed by atoms with Crippen molar-refractivity contribution < 1.29 is 9.53 Å². The highest BCUT2D eigenvalue weighted by Gasteiger charge is 2.21. The van der Waals surface area contributed by atoms with E-state index in [2.05, 4.69) is 25.3 Å². The zero-order valence-corrected chi connectivity index (χ0v) is 11.9. The molecule has 7 heteroatoms. The van der Waals surface area contributed by atoms with Crippen molar-refractivity contribution in [3.05, 3.63) is 35.8 Å². The number of amides is 1. The summed E-state index contributed by atoms with van der Waals surface area (Å²) >= 11 is 0. The second-order valence-corrected chi connectivity index (χ2v) is 5.03. The topological polar surface area (TPSA) is 92.8 Å². The fraction of sp³-hybridized carbons (Fsp3) is 0.200. The van der Waals surface area contributed by atoms with Crippen molar-refractivity contribution in [2.24, 2.45) is 0 Å². The molecule has 2 N–H and O–H groups in total. The van der Waals surface area contributed by atoms with Crippen molar-refractivity contribution in [3.8, 4) is 17.3 Å². The Kier molecular flexibility index (Phi) is 2.78. The molecular formula is C15H13N5O2. The van der Waals surface area contributed by atoms with Gasteiger partial charge in [-0.15, -0.1) is 0 Å². The minimum absolute atomic E-state index is 0.0469. The fourth-order valence-electron chi connectivity index (χ4n) is 2.68. The number of pyridine rings is 1. The van der Waals surface area contributed by atoms with Gasteiger partial charge in [0.15, 0.2) is 0 Å². The Balaban J connectivity index is 1.92. The van der Waals surface area contributed by atoms with E-state index in [4.69, 9.17) is 4.74 Å². The van der Waals surface area contributed by atoms with Crippen LogP contribution in [0.25, 0.3) is 22.3 Å². The second kappa shape index (κ2) is 4.80. The predicted molar refractivity (Wildman–Crippen MR) is 79.7 cm³/mol. The maximum absolute atomic E-state index is 11.9. The summed E-state index contributed by atoms with van der Waals surface area (Å²) in [5.41, 5.74) is 4.71. The summed E-state index contributed by atoms with van der Waals surface area (Å²) in [7, 11) is 1.52. The highest BCUT2D eigenvalue weighted by Crippen LogP contribution is 2.28. The maximum Gasteiger partial charge on any atom is 0.316 e. The number of rotatable bonds is 2. The van der Waals surface area contributed by atoms with Crippen molar-refractivity contribution in [2.75, 3.05) is 13.7 Å². The van der Waals surface area contributed by atoms with Gasteiger partial charge in [0.1, 0.15) is 11.0 Å². The number of aromatic amines is 1. The molecule has 0 aliphatic carbocycles.